The Balaban J connectivity index is 2.01. The van der Waals surface area contributed by atoms with Crippen molar-refractivity contribution in [3.63, 3.8) is 0 Å². The Morgan fingerprint density at radius 1 is 1.00 bits per heavy atom. The molecule has 0 radical (unpaired) electrons. The average molecular weight is 306 g/mol. The molecule has 0 spiro atoms. The molecule has 0 amide bonds. The van der Waals surface area contributed by atoms with Crippen molar-refractivity contribution in [2.75, 3.05) is 0 Å². The van der Waals surface area contributed by atoms with E-state index in [1.54, 1.807) is 18.3 Å². The minimum absolute atomic E-state index is 0.106. The van der Waals surface area contributed by atoms with E-state index in [-0.39, 0.29) is 10.7 Å². The molecule has 1 N–H and O–H groups in total. The first-order valence-corrected chi connectivity index (χ1v) is 7.02. The normalized spacial score (nSPS) is 12.1. The molecule has 0 aliphatic rings. The van der Waals surface area contributed by atoms with Crippen LogP contribution in [0.1, 0.15) is 0 Å². The van der Waals surface area contributed by atoms with Gasteiger partial charge in [-0.2, -0.15) is 0 Å². The minimum Gasteiger partial charge on any atom is -0.454 e. The molecule has 112 valence electrons. The lowest BCUT2D eigenvalue weighted by molar-refractivity contribution is 0.302. The number of fused-ring (bicyclic) bond motifs is 2. The number of hydrogen-bond acceptors (Lipinski definition) is 4. The summed E-state index contributed by atoms with van der Waals surface area (Å²) in [5.41, 5.74) is 0.880. The molecule has 2 aromatic carbocycles. The zero-order valence-corrected chi connectivity index (χ0v) is 11.9. The highest BCUT2D eigenvalue weighted by molar-refractivity contribution is 5.85. The summed E-state index contributed by atoms with van der Waals surface area (Å²) in [6, 6.07) is 15.6. The van der Waals surface area contributed by atoms with Crippen molar-refractivity contribution in [2.24, 2.45) is 5.16 Å². The summed E-state index contributed by atoms with van der Waals surface area (Å²) in [5.74, 6) is -0.0984. The molecule has 4 nitrogen and oxygen atoms in total. The van der Waals surface area contributed by atoms with Crippen LogP contribution in [0.5, 0.6) is 0 Å². The molecule has 5 heteroatoms. The van der Waals surface area contributed by atoms with Gasteiger partial charge in [-0.15, -0.1) is 0 Å². The first kappa shape index (κ1) is 13.5. The van der Waals surface area contributed by atoms with E-state index in [0.717, 1.165) is 10.8 Å². The molecule has 0 bridgehead atoms. The van der Waals surface area contributed by atoms with E-state index in [4.69, 9.17) is 4.42 Å². The zero-order chi connectivity index (χ0) is 15.8. The maximum absolute atomic E-state index is 13.9. The predicted molar refractivity (Wildman–Crippen MR) is 84.3 cm³/mol. The number of rotatable bonds is 1. The third-order valence-electron chi connectivity index (χ3n) is 3.71. The Morgan fingerprint density at radius 2 is 1.83 bits per heavy atom. The van der Waals surface area contributed by atoms with Gasteiger partial charge in [0.1, 0.15) is 22.5 Å². The van der Waals surface area contributed by atoms with Crippen LogP contribution in [-0.4, -0.2) is 10.2 Å². The lowest BCUT2D eigenvalue weighted by Gasteiger charge is -2.05. The molecule has 0 saturated carbocycles. The first-order chi connectivity index (χ1) is 11.3. The summed E-state index contributed by atoms with van der Waals surface area (Å²) >= 11 is 0. The van der Waals surface area contributed by atoms with Crippen LogP contribution in [0.4, 0.5) is 4.39 Å². The number of benzene rings is 2. The van der Waals surface area contributed by atoms with Crippen molar-refractivity contribution >= 4 is 21.7 Å². The van der Waals surface area contributed by atoms with E-state index in [2.05, 4.69) is 10.1 Å². The van der Waals surface area contributed by atoms with E-state index in [9.17, 15) is 9.60 Å². The van der Waals surface area contributed by atoms with E-state index in [1.807, 2.05) is 30.3 Å². The molecule has 0 atom stereocenters. The van der Waals surface area contributed by atoms with Gasteiger partial charge in [0.25, 0.3) is 0 Å². The quantitative estimate of drug-likeness (QED) is 0.426. The standard InChI is InChI=1S/C18H11FN2O2/c19-13-6-3-7-16-18(13)15(21-22)9-17(23-16)14-8-11-4-1-2-5-12(11)10-20-14/h1-10,22H/b21-15-. The maximum atomic E-state index is 13.9. The molecule has 4 rings (SSSR count). The van der Waals surface area contributed by atoms with Crippen molar-refractivity contribution in [3.05, 3.63) is 72.0 Å². The lowest BCUT2D eigenvalue weighted by Crippen LogP contribution is -2.05. The van der Waals surface area contributed by atoms with Crippen molar-refractivity contribution < 1.29 is 14.0 Å². The van der Waals surface area contributed by atoms with Gasteiger partial charge in [0.15, 0.2) is 5.76 Å². The van der Waals surface area contributed by atoms with Crippen LogP contribution in [0.15, 0.2) is 70.4 Å². The monoisotopic (exact) mass is 306 g/mol. The zero-order valence-electron chi connectivity index (χ0n) is 11.9. The van der Waals surface area contributed by atoms with Crippen LogP contribution >= 0.6 is 0 Å². The highest BCUT2D eigenvalue weighted by Crippen LogP contribution is 2.24. The molecule has 0 aliphatic heterocycles. The van der Waals surface area contributed by atoms with Gasteiger partial charge >= 0.3 is 0 Å². The second kappa shape index (κ2) is 5.21. The molecule has 4 aromatic rings. The van der Waals surface area contributed by atoms with Crippen molar-refractivity contribution in [3.8, 4) is 11.5 Å². The van der Waals surface area contributed by atoms with Crippen LogP contribution in [0.25, 0.3) is 33.2 Å². The molecule has 23 heavy (non-hydrogen) atoms. The highest BCUT2D eigenvalue weighted by Gasteiger charge is 2.11. The first-order valence-electron chi connectivity index (χ1n) is 7.02. The predicted octanol–water partition coefficient (Wildman–Crippen LogP) is 4.08. The fourth-order valence-electron chi connectivity index (χ4n) is 2.61. The Labute approximate surface area is 130 Å². The molecule has 2 aromatic heterocycles. The van der Waals surface area contributed by atoms with Gasteiger partial charge in [0.2, 0.25) is 0 Å². The third-order valence-corrected chi connectivity index (χ3v) is 3.71. The van der Waals surface area contributed by atoms with Gasteiger partial charge in [-0.25, -0.2) is 4.39 Å². The smallest absolute Gasteiger partial charge is 0.155 e. The third kappa shape index (κ3) is 2.23. The summed E-state index contributed by atoms with van der Waals surface area (Å²) in [6.45, 7) is 0. The van der Waals surface area contributed by atoms with E-state index >= 15 is 0 Å². The molecular weight excluding hydrogens is 295 g/mol. The fourth-order valence-corrected chi connectivity index (χ4v) is 2.61. The molecule has 0 aliphatic carbocycles. The van der Waals surface area contributed by atoms with E-state index in [0.29, 0.717) is 17.0 Å². The topological polar surface area (TPSA) is 58.6 Å². The summed E-state index contributed by atoms with van der Waals surface area (Å²) in [7, 11) is 0. The Morgan fingerprint density at radius 3 is 2.65 bits per heavy atom. The van der Waals surface area contributed by atoms with Gasteiger partial charge in [-0.1, -0.05) is 35.5 Å². The second-order valence-electron chi connectivity index (χ2n) is 5.13. The molecular formula is C18H11FN2O2. The Bertz CT molecular complexity index is 1100. The van der Waals surface area contributed by atoms with Crippen LogP contribution < -0.4 is 5.36 Å². The van der Waals surface area contributed by atoms with Crippen molar-refractivity contribution in [1.82, 2.24) is 4.98 Å². The van der Waals surface area contributed by atoms with Crippen LogP contribution in [-0.2, 0) is 0 Å². The number of hydrogen-bond donors (Lipinski definition) is 1. The minimum atomic E-state index is -0.503. The molecule has 0 unspecified atom stereocenters. The summed E-state index contributed by atoms with van der Waals surface area (Å²) in [5, 5.41) is 14.6. The number of halogens is 1. The van der Waals surface area contributed by atoms with Crippen molar-refractivity contribution in [1.29, 1.82) is 0 Å². The number of aromatic nitrogens is 1. The number of pyridine rings is 1. The summed E-state index contributed by atoms with van der Waals surface area (Å²) in [6.07, 6.45) is 1.74. The van der Waals surface area contributed by atoms with Crippen LogP contribution in [0.3, 0.4) is 0 Å². The molecule has 0 fully saturated rings. The van der Waals surface area contributed by atoms with Crippen LogP contribution in [0.2, 0.25) is 0 Å². The lowest BCUT2D eigenvalue weighted by atomic mass is 10.1. The van der Waals surface area contributed by atoms with Gasteiger partial charge < -0.3 is 9.62 Å². The van der Waals surface area contributed by atoms with Gasteiger partial charge in [0.05, 0.1) is 5.39 Å². The molecule has 2 heterocycles. The second-order valence-corrected chi connectivity index (χ2v) is 5.13. The molecule has 0 saturated heterocycles. The Kier molecular flexibility index (Phi) is 3.05. The van der Waals surface area contributed by atoms with Gasteiger partial charge in [-0.3, -0.25) is 4.98 Å². The Hall–Kier alpha value is -3.21. The highest BCUT2D eigenvalue weighted by atomic mass is 19.1. The van der Waals surface area contributed by atoms with E-state index < -0.39 is 5.82 Å². The van der Waals surface area contributed by atoms with Gasteiger partial charge in [-0.05, 0) is 23.6 Å². The fraction of sp³-hybridized carbons (Fsp3) is 0. The van der Waals surface area contributed by atoms with Gasteiger partial charge in [0, 0.05) is 17.6 Å². The summed E-state index contributed by atoms with van der Waals surface area (Å²) < 4.78 is 19.7. The van der Waals surface area contributed by atoms with Crippen molar-refractivity contribution in [2.45, 2.75) is 0 Å². The van der Waals surface area contributed by atoms with Crippen LogP contribution in [0, 0.1) is 5.82 Å². The number of nitrogens with zero attached hydrogens (tertiary/aromatic N) is 2. The summed E-state index contributed by atoms with van der Waals surface area (Å²) in [4.78, 5) is 4.37. The largest absolute Gasteiger partial charge is 0.454 e. The maximum Gasteiger partial charge on any atom is 0.155 e. The van der Waals surface area contributed by atoms with E-state index in [1.165, 1.54) is 12.1 Å². The average Bonchev–Trinajstić information content (AvgIpc) is 2.60. The SMILES string of the molecule is O/N=c1/cc(-c2cc3ccccc3cn2)oc2cccc(F)c12.